The third kappa shape index (κ3) is 2.29. The van der Waals surface area contributed by atoms with Gasteiger partial charge in [-0.1, -0.05) is 0 Å². The molecule has 0 aromatic carbocycles. The Balaban J connectivity index is 1.70. The zero-order valence-corrected chi connectivity index (χ0v) is 11.5. The summed E-state index contributed by atoms with van der Waals surface area (Å²) in [6, 6.07) is 0.772. The van der Waals surface area contributed by atoms with Gasteiger partial charge in [0.1, 0.15) is 6.10 Å². The summed E-state index contributed by atoms with van der Waals surface area (Å²) in [4.78, 5) is 13.1. The van der Waals surface area contributed by atoms with Crippen LogP contribution in [-0.2, 0) is 9.53 Å². The molecule has 1 aliphatic heterocycles. The molecule has 3 heteroatoms. The molecule has 3 nitrogen and oxygen atoms in total. The number of quaternary nitrogens is 1. The first-order chi connectivity index (χ1) is 8.75. The van der Waals surface area contributed by atoms with Crippen LogP contribution in [0.4, 0.5) is 0 Å². The number of esters is 1. The minimum Gasteiger partial charge on any atom is -0.462 e. The lowest BCUT2D eigenvalue weighted by Gasteiger charge is -2.40. The number of hydrogen-bond acceptors (Lipinski definition) is 2. The van der Waals surface area contributed by atoms with Crippen molar-refractivity contribution in [3.05, 3.63) is 0 Å². The van der Waals surface area contributed by atoms with Crippen molar-refractivity contribution in [1.82, 2.24) is 0 Å². The van der Waals surface area contributed by atoms with Crippen molar-refractivity contribution in [2.75, 3.05) is 13.1 Å². The molecular weight excluding hydrogens is 226 g/mol. The summed E-state index contributed by atoms with van der Waals surface area (Å²) in [6.45, 7) is 4.26. The average molecular weight is 252 g/mol. The molecule has 4 unspecified atom stereocenters. The van der Waals surface area contributed by atoms with Crippen LogP contribution in [0.25, 0.3) is 0 Å². The summed E-state index contributed by atoms with van der Waals surface area (Å²) in [5, 5.41) is 0. The molecule has 0 aromatic heterocycles. The molecule has 1 saturated heterocycles. The smallest absolute Gasteiger partial charge is 0.302 e. The van der Waals surface area contributed by atoms with E-state index in [-0.39, 0.29) is 12.1 Å². The van der Waals surface area contributed by atoms with Crippen molar-refractivity contribution in [3.8, 4) is 0 Å². The van der Waals surface area contributed by atoms with E-state index >= 15 is 0 Å². The van der Waals surface area contributed by atoms with Gasteiger partial charge in [0, 0.05) is 19.3 Å². The van der Waals surface area contributed by atoms with Crippen LogP contribution < -0.4 is 4.90 Å². The quantitative estimate of drug-likeness (QED) is 0.748. The maximum atomic E-state index is 11.3. The van der Waals surface area contributed by atoms with Crippen molar-refractivity contribution in [3.63, 3.8) is 0 Å². The van der Waals surface area contributed by atoms with Gasteiger partial charge in [-0.15, -0.1) is 0 Å². The average Bonchev–Trinajstić information content (AvgIpc) is 2.62. The van der Waals surface area contributed by atoms with Crippen molar-refractivity contribution >= 4 is 5.97 Å². The largest absolute Gasteiger partial charge is 0.462 e. The number of ether oxygens (including phenoxy) is 1. The Hall–Kier alpha value is -0.570. The van der Waals surface area contributed by atoms with E-state index in [1.807, 2.05) is 4.90 Å². The Bertz CT molecular complexity index is 312. The molecule has 1 heterocycles. The lowest BCUT2D eigenvalue weighted by Crippen LogP contribution is -3.17. The number of fused-ring (bicyclic) bond motifs is 2. The second-order valence-corrected chi connectivity index (χ2v) is 6.48. The van der Waals surface area contributed by atoms with Crippen molar-refractivity contribution in [2.45, 2.75) is 64.0 Å². The van der Waals surface area contributed by atoms with E-state index in [1.165, 1.54) is 58.0 Å². The second-order valence-electron chi connectivity index (χ2n) is 6.48. The third-order valence-electron chi connectivity index (χ3n) is 5.44. The first-order valence-corrected chi connectivity index (χ1v) is 7.77. The Morgan fingerprint density at radius 1 is 1.06 bits per heavy atom. The van der Waals surface area contributed by atoms with Gasteiger partial charge < -0.3 is 9.64 Å². The molecule has 2 aliphatic carbocycles. The van der Waals surface area contributed by atoms with Gasteiger partial charge in [0.05, 0.1) is 19.1 Å². The summed E-state index contributed by atoms with van der Waals surface area (Å²) in [5.41, 5.74) is 0. The molecule has 2 saturated carbocycles. The molecule has 3 rings (SSSR count). The maximum absolute atomic E-state index is 11.3. The highest BCUT2D eigenvalue weighted by atomic mass is 16.5. The third-order valence-corrected chi connectivity index (χ3v) is 5.44. The van der Waals surface area contributed by atoms with Gasteiger partial charge in [-0.05, 0) is 44.4 Å². The van der Waals surface area contributed by atoms with Crippen LogP contribution in [0.5, 0.6) is 0 Å². The summed E-state index contributed by atoms with van der Waals surface area (Å²) < 4.78 is 5.65. The highest BCUT2D eigenvalue weighted by Gasteiger charge is 2.50. The van der Waals surface area contributed by atoms with Crippen LogP contribution in [0, 0.1) is 11.8 Å². The Kier molecular flexibility index (Phi) is 3.60. The normalized spacial score (nSPS) is 40.7. The molecule has 3 fully saturated rings. The van der Waals surface area contributed by atoms with Crippen LogP contribution in [0.15, 0.2) is 0 Å². The molecule has 4 atom stereocenters. The van der Waals surface area contributed by atoms with E-state index in [0.717, 1.165) is 6.04 Å². The predicted molar refractivity (Wildman–Crippen MR) is 69.3 cm³/mol. The standard InChI is InChI=1S/C15H25NO2/c1-11(17)18-15-12-5-7-13(15)14(8-6-12)16-9-3-2-4-10-16/h12-15H,2-10H2,1H3/p+1. The molecular formula is C15H26NO2+. The fraction of sp³-hybridized carbons (Fsp3) is 0.933. The van der Waals surface area contributed by atoms with Gasteiger partial charge >= 0.3 is 5.97 Å². The predicted octanol–water partition coefficient (Wildman–Crippen LogP) is 1.18. The van der Waals surface area contributed by atoms with Gasteiger partial charge in [0.2, 0.25) is 0 Å². The summed E-state index contributed by atoms with van der Waals surface area (Å²) in [6.07, 6.45) is 9.65. The van der Waals surface area contributed by atoms with Gasteiger partial charge in [0.25, 0.3) is 0 Å². The van der Waals surface area contributed by atoms with E-state index < -0.39 is 0 Å². The Morgan fingerprint density at radius 3 is 2.50 bits per heavy atom. The van der Waals surface area contributed by atoms with Crippen LogP contribution in [0.1, 0.15) is 51.9 Å². The molecule has 0 radical (unpaired) electrons. The van der Waals surface area contributed by atoms with E-state index in [1.54, 1.807) is 6.92 Å². The van der Waals surface area contributed by atoms with Crippen molar-refractivity contribution < 1.29 is 14.4 Å². The highest BCUT2D eigenvalue weighted by Crippen LogP contribution is 2.43. The molecule has 18 heavy (non-hydrogen) atoms. The number of carbonyl (C=O) groups is 1. The molecule has 102 valence electrons. The van der Waals surface area contributed by atoms with E-state index in [2.05, 4.69) is 0 Å². The topological polar surface area (TPSA) is 30.7 Å². The SMILES string of the molecule is CC(=O)OC1C2CCC1C([NH+]1CCCCC1)CC2. The zero-order chi connectivity index (χ0) is 12.5. The Labute approximate surface area is 110 Å². The molecule has 0 amide bonds. The van der Waals surface area contributed by atoms with Gasteiger partial charge in [-0.3, -0.25) is 4.79 Å². The Morgan fingerprint density at radius 2 is 1.78 bits per heavy atom. The molecule has 1 N–H and O–H groups in total. The summed E-state index contributed by atoms with van der Waals surface area (Å²) in [7, 11) is 0. The first-order valence-electron chi connectivity index (χ1n) is 7.77. The van der Waals surface area contributed by atoms with Gasteiger partial charge in [-0.25, -0.2) is 0 Å². The van der Waals surface area contributed by atoms with Crippen LogP contribution in [0.3, 0.4) is 0 Å². The van der Waals surface area contributed by atoms with E-state index in [4.69, 9.17) is 4.74 Å². The fourth-order valence-corrected chi connectivity index (χ4v) is 4.69. The minimum atomic E-state index is -0.0776. The van der Waals surface area contributed by atoms with Crippen LogP contribution in [-0.4, -0.2) is 31.2 Å². The molecule has 0 spiro atoms. The highest BCUT2D eigenvalue weighted by molar-refractivity contribution is 5.66. The zero-order valence-electron chi connectivity index (χ0n) is 11.5. The lowest BCUT2D eigenvalue weighted by molar-refractivity contribution is -0.935. The maximum Gasteiger partial charge on any atom is 0.302 e. The molecule has 3 aliphatic rings. The van der Waals surface area contributed by atoms with E-state index in [9.17, 15) is 4.79 Å². The number of piperidine rings is 1. The van der Waals surface area contributed by atoms with Crippen molar-refractivity contribution in [2.24, 2.45) is 11.8 Å². The number of hydrogen-bond donors (Lipinski definition) is 1. The minimum absolute atomic E-state index is 0.0776. The number of likely N-dealkylation sites (tertiary alicyclic amines) is 1. The van der Waals surface area contributed by atoms with Gasteiger partial charge in [0.15, 0.2) is 0 Å². The first kappa shape index (κ1) is 12.5. The summed E-state index contributed by atoms with van der Waals surface area (Å²) in [5.74, 6) is 1.24. The van der Waals surface area contributed by atoms with Crippen LogP contribution >= 0.6 is 0 Å². The van der Waals surface area contributed by atoms with E-state index in [0.29, 0.717) is 11.8 Å². The number of rotatable bonds is 2. The molecule has 0 aromatic rings. The van der Waals surface area contributed by atoms with Gasteiger partial charge in [-0.2, -0.15) is 0 Å². The van der Waals surface area contributed by atoms with Crippen molar-refractivity contribution in [1.29, 1.82) is 0 Å². The second kappa shape index (κ2) is 5.20. The summed E-state index contributed by atoms with van der Waals surface area (Å²) >= 11 is 0. The van der Waals surface area contributed by atoms with Crippen LogP contribution in [0.2, 0.25) is 0 Å². The molecule has 2 bridgehead atoms. The number of carbonyl (C=O) groups excluding carboxylic acids is 1. The monoisotopic (exact) mass is 252 g/mol. The fourth-order valence-electron chi connectivity index (χ4n) is 4.69. The number of nitrogens with one attached hydrogen (secondary N) is 1. The lowest BCUT2D eigenvalue weighted by atomic mass is 9.80.